The zero-order valence-corrected chi connectivity index (χ0v) is 16.0. The van der Waals surface area contributed by atoms with Crippen molar-refractivity contribution in [2.75, 3.05) is 0 Å². The Labute approximate surface area is 162 Å². The predicted octanol–water partition coefficient (Wildman–Crippen LogP) is 3.70. The Morgan fingerprint density at radius 3 is 2.26 bits per heavy atom. The summed E-state index contributed by atoms with van der Waals surface area (Å²) in [6.45, 7) is 0. The number of carbonyl (C=O) groups excluding carboxylic acids is 1. The summed E-state index contributed by atoms with van der Waals surface area (Å²) in [6.07, 6.45) is -0.124. The molecule has 0 aliphatic rings. The number of hydroxylamine groups is 1. The Balaban J connectivity index is 1.92. The van der Waals surface area contributed by atoms with Crippen LogP contribution in [0.1, 0.15) is 12.0 Å². The highest BCUT2D eigenvalue weighted by Crippen LogP contribution is 2.32. The van der Waals surface area contributed by atoms with Crippen molar-refractivity contribution in [2.24, 2.45) is 0 Å². The number of hydrogen-bond acceptors (Lipinski definition) is 5. The average Bonchev–Trinajstić information content (AvgIpc) is 3.20. The monoisotopic (exact) mass is 401 g/mol. The fourth-order valence-electron chi connectivity index (χ4n) is 2.83. The van der Waals surface area contributed by atoms with E-state index < -0.39 is 21.0 Å². The van der Waals surface area contributed by atoms with E-state index in [1.807, 2.05) is 60.7 Å². The van der Waals surface area contributed by atoms with Gasteiger partial charge in [0.2, 0.25) is 5.91 Å². The molecule has 1 atom stereocenters. The van der Waals surface area contributed by atoms with Crippen LogP contribution in [-0.4, -0.2) is 24.8 Å². The van der Waals surface area contributed by atoms with Gasteiger partial charge < -0.3 is 0 Å². The standard InChI is InChI=1S/C20H19NO4S2/c22-19(21-23)13-18(11-15-7-3-1-4-8-15)27(24,25)20-12-17(14-26-20)16-9-5-2-6-10-16/h1-10,12,14,18,23H,11,13H2,(H,21,22). The van der Waals surface area contributed by atoms with Crippen LogP contribution >= 0.6 is 11.3 Å². The maximum absolute atomic E-state index is 13.2. The van der Waals surface area contributed by atoms with E-state index in [-0.39, 0.29) is 17.1 Å². The molecular formula is C20H19NO4S2. The van der Waals surface area contributed by atoms with E-state index in [1.165, 1.54) is 5.48 Å². The van der Waals surface area contributed by atoms with Crippen LogP contribution in [0.3, 0.4) is 0 Å². The molecule has 3 rings (SSSR count). The number of benzene rings is 2. The van der Waals surface area contributed by atoms with E-state index in [4.69, 9.17) is 5.21 Å². The molecule has 0 fully saturated rings. The van der Waals surface area contributed by atoms with Crippen LogP contribution in [0.25, 0.3) is 11.1 Å². The molecule has 3 aromatic rings. The number of thiophene rings is 1. The first kappa shape index (κ1) is 19.3. The van der Waals surface area contributed by atoms with E-state index in [9.17, 15) is 13.2 Å². The summed E-state index contributed by atoms with van der Waals surface area (Å²) in [5, 5.41) is 9.68. The Morgan fingerprint density at radius 1 is 1.00 bits per heavy atom. The Bertz CT molecular complexity index is 999. The predicted molar refractivity (Wildman–Crippen MR) is 105 cm³/mol. The highest BCUT2D eigenvalue weighted by Gasteiger charge is 2.31. The second-order valence-electron chi connectivity index (χ2n) is 6.12. The van der Waals surface area contributed by atoms with Gasteiger partial charge in [0.05, 0.1) is 5.25 Å². The molecule has 0 aliphatic carbocycles. The molecule has 1 aromatic heterocycles. The Kier molecular flexibility index (Phi) is 6.05. The second kappa shape index (κ2) is 8.47. The molecule has 27 heavy (non-hydrogen) atoms. The molecule has 0 bridgehead atoms. The van der Waals surface area contributed by atoms with Gasteiger partial charge in [-0.1, -0.05) is 60.7 Å². The minimum atomic E-state index is -3.75. The van der Waals surface area contributed by atoms with Crippen molar-refractivity contribution in [3.63, 3.8) is 0 Å². The van der Waals surface area contributed by atoms with Crippen LogP contribution in [0.5, 0.6) is 0 Å². The molecule has 140 valence electrons. The van der Waals surface area contributed by atoms with Crippen molar-refractivity contribution in [1.82, 2.24) is 5.48 Å². The third-order valence-electron chi connectivity index (χ3n) is 4.25. The van der Waals surface area contributed by atoms with E-state index in [2.05, 4.69) is 0 Å². The van der Waals surface area contributed by atoms with Gasteiger partial charge in [0.25, 0.3) is 0 Å². The summed E-state index contributed by atoms with van der Waals surface area (Å²) >= 11 is 1.14. The van der Waals surface area contributed by atoms with Crippen LogP contribution in [0.2, 0.25) is 0 Å². The van der Waals surface area contributed by atoms with Gasteiger partial charge in [-0.25, -0.2) is 13.9 Å². The smallest absolute Gasteiger partial charge is 0.244 e. The third kappa shape index (κ3) is 4.63. The average molecular weight is 402 g/mol. The van der Waals surface area contributed by atoms with Gasteiger partial charge in [-0.3, -0.25) is 10.0 Å². The van der Waals surface area contributed by atoms with Crippen molar-refractivity contribution >= 4 is 27.1 Å². The van der Waals surface area contributed by atoms with E-state index in [0.29, 0.717) is 0 Å². The van der Waals surface area contributed by atoms with Gasteiger partial charge in [0.15, 0.2) is 9.84 Å². The second-order valence-corrected chi connectivity index (χ2v) is 9.48. The molecule has 0 saturated heterocycles. The summed E-state index contributed by atoms with van der Waals surface area (Å²) in [4.78, 5) is 11.7. The molecule has 7 heteroatoms. The zero-order valence-electron chi connectivity index (χ0n) is 14.4. The van der Waals surface area contributed by atoms with Gasteiger partial charge in [-0.15, -0.1) is 11.3 Å². The van der Waals surface area contributed by atoms with Crippen molar-refractivity contribution in [3.8, 4) is 11.1 Å². The van der Waals surface area contributed by atoms with Crippen molar-refractivity contribution < 1.29 is 18.4 Å². The molecule has 0 radical (unpaired) electrons. The van der Waals surface area contributed by atoms with Crippen LogP contribution in [0.4, 0.5) is 0 Å². The Morgan fingerprint density at radius 2 is 1.63 bits per heavy atom. The number of sulfone groups is 1. The van der Waals surface area contributed by atoms with E-state index in [1.54, 1.807) is 11.4 Å². The van der Waals surface area contributed by atoms with Gasteiger partial charge in [0.1, 0.15) is 4.21 Å². The summed E-state index contributed by atoms with van der Waals surface area (Å²) in [5.41, 5.74) is 4.11. The molecule has 5 nitrogen and oxygen atoms in total. The maximum atomic E-state index is 13.2. The zero-order chi connectivity index (χ0) is 19.3. The van der Waals surface area contributed by atoms with Gasteiger partial charge in [0, 0.05) is 6.42 Å². The van der Waals surface area contributed by atoms with Crippen LogP contribution in [0.15, 0.2) is 76.3 Å². The number of carbonyl (C=O) groups is 1. The molecular weight excluding hydrogens is 382 g/mol. The third-order valence-corrected chi connectivity index (χ3v) is 7.84. The molecule has 0 spiro atoms. The van der Waals surface area contributed by atoms with Gasteiger partial charge in [-0.05, 0) is 34.6 Å². The normalized spacial score (nSPS) is 12.5. The lowest BCUT2D eigenvalue weighted by Gasteiger charge is -2.16. The molecule has 0 aliphatic heterocycles. The van der Waals surface area contributed by atoms with Crippen LogP contribution in [-0.2, 0) is 21.1 Å². The van der Waals surface area contributed by atoms with Gasteiger partial charge in [-0.2, -0.15) is 0 Å². The topological polar surface area (TPSA) is 83.5 Å². The number of hydrogen-bond donors (Lipinski definition) is 2. The van der Waals surface area contributed by atoms with E-state index >= 15 is 0 Å². The molecule has 1 heterocycles. The maximum Gasteiger partial charge on any atom is 0.244 e. The number of amides is 1. The molecule has 1 amide bonds. The highest BCUT2D eigenvalue weighted by atomic mass is 32.2. The lowest BCUT2D eigenvalue weighted by molar-refractivity contribution is -0.129. The molecule has 1 unspecified atom stereocenters. The van der Waals surface area contributed by atoms with Crippen molar-refractivity contribution in [2.45, 2.75) is 22.3 Å². The fraction of sp³-hybridized carbons (Fsp3) is 0.150. The summed E-state index contributed by atoms with van der Waals surface area (Å²) < 4.78 is 26.6. The minimum absolute atomic E-state index is 0.190. The number of nitrogens with one attached hydrogen (secondary N) is 1. The molecule has 2 N–H and O–H groups in total. The van der Waals surface area contributed by atoms with Crippen LogP contribution in [0, 0.1) is 0 Å². The Hall–Kier alpha value is -2.48. The molecule has 2 aromatic carbocycles. The lowest BCUT2D eigenvalue weighted by Crippen LogP contribution is -2.31. The first-order valence-electron chi connectivity index (χ1n) is 8.35. The quantitative estimate of drug-likeness (QED) is 0.467. The van der Waals surface area contributed by atoms with Gasteiger partial charge >= 0.3 is 0 Å². The first-order chi connectivity index (χ1) is 13.0. The highest BCUT2D eigenvalue weighted by molar-refractivity contribution is 7.94. The summed E-state index contributed by atoms with van der Waals surface area (Å²) in [6, 6.07) is 20.3. The first-order valence-corrected chi connectivity index (χ1v) is 10.8. The van der Waals surface area contributed by atoms with Crippen molar-refractivity contribution in [1.29, 1.82) is 0 Å². The summed E-state index contributed by atoms with van der Waals surface area (Å²) in [5.74, 6) is -0.723. The van der Waals surface area contributed by atoms with Crippen LogP contribution < -0.4 is 5.48 Å². The van der Waals surface area contributed by atoms with Crippen molar-refractivity contribution in [3.05, 3.63) is 77.7 Å². The fourth-order valence-corrected chi connectivity index (χ4v) is 5.97. The largest absolute Gasteiger partial charge is 0.289 e. The lowest BCUT2D eigenvalue weighted by atomic mass is 10.1. The minimum Gasteiger partial charge on any atom is -0.289 e. The number of rotatable bonds is 7. The summed E-state index contributed by atoms with van der Waals surface area (Å²) in [7, 11) is -3.75. The SMILES string of the molecule is O=C(CC(Cc1ccccc1)S(=O)(=O)c1cc(-c2ccccc2)cs1)NO. The van der Waals surface area contributed by atoms with E-state index in [0.717, 1.165) is 28.0 Å². The molecule has 0 saturated carbocycles.